The van der Waals surface area contributed by atoms with Gasteiger partial charge in [-0.25, -0.2) is 8.42 Å². The van der Waals surface area contributed by atoms with E-state index in [0.29, 0.717) is 49.4 Å². The van der Waals surface area contributed by atoms with Gasteiger partial charge in [0.2, 0.25) is 10.0 Å². The first-order valence-electron chi connectivity index (χ1n) is 13.8. The van der Waals surface area contributed by atoms with E-state index in [-0.39, 0.29) is 12.0 Å². The molecule has 1 aliphatic carbocycles. The van der Waals surface area contributed by atoms with Gasteiger partial charge < -0.3 is 14.5 Å². The normalized spacial score (nSPS) is 18.1. The zero-order valence-corrected chi connectivity index (χ0v) is 24.2. The first-order chi connectivity index (χ1) is 19.1. The number of hydrogen-bond donors (Lipinski definition) is 1. The van der Waals surface area contributed by atoms with Crippen molar-refractivity contribution >= 4 is 21.7 Å². The van der Waals surface area contributed by atoms with Gasteiger partial charge in [-0.2, -0.15) is 4.31 Å². The summed E-state index contributed by atoms with van der Waals surface area (Å²) in [5, 5.41) is 14.4. The summed E-state index contributed by atoms with van der Waals surface area (Å²) in [6, 6.07) is 17.0. The van der Waals surface area contributed by atoms with Crippen molar-refractivity contribution in [2.75, 3.05) is 13.1 Å². The van der Waals surface area contributed by atoms with Gasteiger partial charge in [-0.15, -0.1) is 0 Å². The van der Waals surface area contributed by atoms with Gasteiger partial charge in [-0.3, -0.25) is 4.79 Å². The Morgan fingerprint density at radius 2 is 1.70 bits per heavy atom. The Labute approximate surface area is 236 Å². The number of carboxylic acids is 1. The van der Waals surface area contributed by atoms with E-state index >= 15 is 0 Å². The van der Waals surface area contributed by atoms with Crippen LogP contribution >= 0.6 is 0 Å². The topological polar surface area (TPSA) is 101 Å². The number of sulfonamides is 1. The van der Waals surface area contributed by atoms with E-state index in [2.05, 4.69) is 19.0 Å². The number of nitrogens with zero attached hydrogens (tertiary/aromatic N) is 3. The van der Waals surface area contributed by atoms with E-state index in [9.17, 15) is 18.3 Å². The molecule has 0 unspecified atom stereocenters. The van der Waals surface area contributed by atoms with Crippen molar-refractivity contribution in [3.8, 4) is 0 Å². The third-order valence-electron chi connectivity index (χ3n) is 7.90. The molecule has 0 spiro atoms. The minimum atomic E-state index is -3.64. The summed E-state index contributed by atoms with van der Waals surface area (Å²) >= 11 is 0. The number of oxime groups is 1. The van der Waals surface area contributed by atoms with E-state index in [1.54, 1.807) is 16.4 Å². The monoisotopic (exact) mass is 563 g/mol. The van der Waals surface area contributed by atoms with Crippen LogP contribution in [-0.4, -0.2) is 47.2 Å². The summed E-state index contributed by atoms with van der Waals surface area (Å²) in [5.41, 5.74) is 5.83. The van der Waals surface area contributed by atoms with Crippen molar-refractivity contribution in [2.24, 2.45) is 10.6 Å². The average Bonchev–Trinajstić information content (AvgIpc) is 3.54. The van der Waals surface area contributed by atoms with Crippen LogP contribution in [0, 0.1) is 12.3 Å². The summed E-state index contributed by atoms with van der Waals surface area (Å²) in [6.45, 7) is 7.43. The number of aliphatic carboxylic acids is 1. The van der Waals surface area contributed by atoms with Gasteiger partial charge in [-0.1, -0.05) is 67.5 Å². The van der Waals surface area contributed by atoms with Crippen LogP contribution in [0.1, 0.15) is 66.8 Å². The van der Waals surface area contributed by atoms with E-state index in [0.717, 1.165) is 46.6 Å². The second kappa shape index (κ2) is 11.2. The first kappa shape index (κ1) is 28.1. The molecule has 2 aromatic carbocycles. The Balaban J connectivity index is 1.60. The highest BCUT2D eigenvalue weighted by Gasteiger charge is 2.37. The summed E-state index contributed by atoms with van der Waals surface area (Å²) in [4.78, 5) is 18.1. The first-order valence-corrected chi connectivity index (χ1v) is 15.2. The Hall–Kier alpha value is -3.43. The molecule has 0 radical (unpaired) electrons. The molecule has 3 aromatic rings. The van der Waals surface area contributed by atoms with Crippen molar-refractivity contribution in [1.29, 1.82) is 0 Å². The summed E-state index contributed by atoms with van der Waals surface area (Å²) in [6.07, 6.45) is 3.42. The number of aromatic nitrogens is 1. The zero-order valence-electron chi connectivity index (χ0n) is 23.4. The molecule has 0 saturated carbocycles. The average molecular weight is 564 g/mol. The number of benzene rings is 2. The van der Waals surface area contributed by atoms with Crippen LogP contribution < -0.4 is 0 Å². The number of carboxylic acid groups (broad SMARTS) is 1. The largest absolute Gasteiger partial charge is 0.480 e. The molecule has 1 fully saturated rings. The van der Waals surface area contributed by atoms with Crippen LogP contribution in [0.3, 0.4) is 0 Å². The van der Waals surface area contributed by atoms with Gasteiger partial charge in [0.25, 0.3) is 0 Å². The number of hydrogen-bond acceptors (Lipinski definition) is 5. The molecule has 1 aliphatic heterocycles. The summed E-state index contributed by atoms with van der Waals surface area (Å²) < 4.78 is 30.6. The van der Waals surface area contributed by atoms with Crippen molar-refractivity contribution < 1.29 is 23.2 Å². The van der Waals surface area contributed by atoms with E-state index in [4.69, 9.17) is 4.84 Å². The molecular formula is C31H37N3O5S. The molecule has 0 bridgehead atoms. The molecule has 8 nitrogen and oxygen atoms in total. The van der Waals surface area contributed by atoms with E-state index < -0.39 is 16.0 Å². The van der Waals surface area contributed by atoms with Crippen LogP contribution in [0.2, 0.25) is 0 Å². The van der Waals surface area contributed by atoms with E-state index in [1.807, 2.05) is 54.0 Å². The second-order valence-electron chi connectivity index (χ2n) is 11.6. The van der Waals surface area contributed by atoms with Gasteiger partial charge in [0.05, 0.1) is 10.6 Å². The fourth-order valence-electron chi connectivity index (χ4n) is 6.00. The van der Waals surface area contributed by atoms with Gasteiger partial charge in [0, 0.05) is 36.5 Å². The zero-order chi connectivity index (χ0) is 28.5. The Kier molecular flexibility index (Phi) is 7.88. The quantitative estimate of drug-likeness (QED) is 0.363. The lowest BCUT2D eigenvalue weighted by Gasteiger charge is -2.31. The lowest BCUT2D eigenvalue weighted by atomic mass is 9.74. The molecule has 0 atom stereocenters. The van der Waals surface area contributed by atoms with Gasteiger partial charge >= 0.3 is 5.97 Å². The maximum atomic E-state index is 13.6. The third kappa shape index (κ3) is 5.71. The smallest absolute Gasteiger partial charge is 0.323 e. The summed E-state index contributed by atoms with van der Waals surface area (Å²) in [7, 11) is -3.64. The third-order valence-corrected chi connectivity index (χ3v) is 9.90. The Morgan fingerprint density at radius 3 is 2.40 bits per heavy atom. The Morgan fingerprint density at radius 1 is 1.02 bits per heavy atom. The molecule has 0 amide bonds. The molecule has 1 aromatic heterocycles. The predicted octanol–water partition coefficient (Wildman–Crippen LogP) is 5.15. The number of carbonyl (C=O) groups is 1. The number of fused-ring (bicyclic) bond motifs is 1. The molecule has 212 valence electrons. The lowest BCUT2D eigenvalue weighted by Crippen LogP contribution is -2.30. The number of rotatable bonds is 9. The molecule has 1 N–H and O–H groups in total. The molecule has 2 heterocycles. The maximum Gasteiger partial charge on any atom is 0.323 e. The standard InChI is InChI=1S/C31H37N3O5S/c1-22-25(17-24-13-7-8-14-28(24)40(37,38)33-15-9-10-16-33)30-26(32-39-21-23-11-5-4-6-12-23)18-31(2,3)19-27(30)34(22)20-29(35)36/h4-8,11-14H,9-10,15-21H2,1-3H3,(H,35,36). The van der Waals surface area contributed by atoms with Crippen LogP contribution in [0.5, 0.6) is 0 Å². The van der Waals surface area contributed by atoms with Gasteiger partial charge in [0.1, 0.15) is 13.2 Å². The lowest BCUT2D eigenvalue weighted by molar-refractivity contribution is -0.137. The molecular weight excluding hydrogens is 526 g/mol. The predicted molar refractivity (Wildman–Crippen MR) is 154 cm³/mol. The SMILES string of the molecule is Cc1c(Cc2ccccc2S(=O)(=O)N2CCCC2)c2c(n1CC(=O)O)CC(C)(C)CC2=NOCc1ccccc1. The highest BCUT2D eigenvalue weighted by molar-refractivity contribution is 7.89. The summed E-state index contributed by atoms with van der Waals surface area (Å²) in [5.74, 6) is -0.924. The van der Waals surface area contributed by atoms with Crippen LogP contribution in [0.4, 0.5) is 0 Å². The molecule has 40 heavy (non-hydrogen) atoms. The minimum absolute atomic E-state index is 0.155. The molecule has 5 rings (SSSR count). The Bertz CT molecular complexity index is 1530. The maximum absolute atomic E-state index is 13.6. The van der Waals surface area contributed by atoms with Crippen molar-refractivity contribution in [2.45, 2.75) is 70.9 Å². The van der Waals surface area contributed by atoms with Crippen molar-refractivity contribution in [3.05, 3.63) is 88.2 Å². The molecule has 1 saturated heterocycles. The second-order valence-corrected chi connectivity index (χ2v) is 13.5. The fraction of sp³-hybridized carbons (Fsp3) is 0.419. The molecule has 2 aliphatic rings. The molecule has 9 heteroatoms. The van der Waals surface area contributed by atoms with Crippen LogP contribution in [0.25, 0.3) is 0 Å². The van der Waals surface area contributed by atoms with Gasteiger partial charge in [0.15, 0.2) is 0 Å². The van der Waals surface area contributed by atoms with E-state index in [1.165, 1.54) is 0 Å². The fourth-order valence-corrected chi connectivity index (χ4v) is 7.74. The minimum Gasteiger partial charge on any atom is -0.480 e. The highest BCUT2D eigenvalue weighted by atomic mass is 32.2. The highest BCUT2D eigenvalue weighted by Crippen LogP contribution is 2.40. The van der Waals surface area contributed by atoms with Crippen molar-refractivity contribution in [1.82, 2.24) is 8.87 Å². The van der Waals surface area contributed by atoms with Gasteiger partial charge in [-0.05, 0) is 60.8 Å². The van der Waals surface area contributed by atoms with Crippen LogP contribution in [0.15, 0.2) is 64.6 Å². The van der Waals surface area contributed by atoms with Crippen LogP contribution in [-0.2, 0) is 45.6 Å². The van der Waals surface area contributed by atoms with Crippen molar-refractivity contribution in [3.63, 3.8) is 0 Å².